The second-order valence-corrected chi connectivity index (χ2v) is 10.7. The number of rotatable bonds is 7. The third kappa shape index (κ3) is 9.00. The average Bonchev–Trinajstić information content (AvgIpc) is 3.05. The maximum Gasteiger partial charge on any atom is 0.191 e. The van der Waals surface area contributed by atoms with Crippen molar-refractivity contribution >= 4 is 40.7 Å². The first-order valence-electron chi connectivity index (χ1n) is 11.8. The van der Waals surface area contributed by atoms with Crippen LogP contribution >= 0.6 is 24.0 Å². The van der Waals surface area contributed by atoms with Gasteiger partial charge in [-0.15, -0.1) is 24.0 Å². The molecular weight excluding hydrogens is 519 g/mol. The van der Waals surface area contributed by atoms with Gasteiger partial charge in [-0.1, -0.05) is 50.5 Å². The molecule has 0 aromatic heterocycles. The van der Waals surface area contributed by atoms with E-state index >= 15 is 0 Å². The van der Waals surface area contributed by atoms with E-state index in [4.69, 9.17) is 0 Å². The van der Waals surface area contributed by atoms with Gasteiger partial charge in [0, 0.05) is 48.0 Å². The Hall–Kier alpha value is -0.670. The lowest BCUT2D eigenvalue weighted by atomic mass is 9.95. The molecule has 1 aliphatic carbocycles. The van der Waals surface area contributed by atoms with E-state index in [-0.39, 0.29) is 24.0 Å². The molecule has 1 heterocycles. The van der Waals surface area contributed by atoms with Gasteiger partial charge in [-0.05, 0) is 56.3 Å². The second kappa shape index (κ2) is 14.5. The molecule has 1 aliphatic heterocycles. The first kappa shape index (κ1) is 26.6. The summed E-state index contributed by atoms with van der Waals surface area (Å²) in [5.74, 6) is 1.61. The molecule has 3 rings (SSSR count). The highest BCUT2D eigenvalue weighted by Crippen LogP contribution is 2.23. The molecule has 1 aromatic carbocycles. The number of guanidine groups is 1. The minimum Gasteiger partial charge on any atom is -0.354 e. The van der Waals surface area contributed by atoms with Gasteiger partial charge in [-0.25, -0.2) is 0 Å². The van der Waals surface area contributed by atoms with Crippen LogP contribution in [0.1, 0.15) is 69.4 Å². The summed E-state index contributed by atoms with van der Waals surface area (Å²) in [7, 11) is 1.13. The number of halogens is 1. The summed E-state index contributed by atoms with van der Waals surface area (Å²) >= 11 is 0. The fourth-order valence-corrected chi connectivity index (χ4v) is 6.06. The molecule has 176 valence electrons. The lowest BCUT2D eigenvalue weighted by Crippen LogP contribution is -2.46. The van der Waals surface area contributed by atoms with E-state index in [2.05, 4.69) is 44.8 Å². The molecule has 1 aromatic rings. The maximum absolute atomic E-state index is 12.2. The fraction of sp³-hybridized carbons (Fsp3) is 0.708. The zero-order valence-electron chi connectivity index (χ0n) is 19.3. The van der Waals surface area contributed by atoms with Gasteiger partial charge in [0.05, 0.1) is 0 Å². The predicted octanol–water partition coefficient (Wildman–Crippen LogP) is 4.43. The minimum atomic E-state index is -0.696. The van der Waals surface area contributed by atoms with Gasteiger partial charge in [0.15, 0.2) is 5.96 Å². The Bertz CT molecular complexity index is 707. The fourth-order valence-electron chi connectivity index (χ4n) is 4.71. The maximum atomic E-state index is 12.2. The largest absolute Gasteiger partial charge is 0.354 e. The van der Waals surface area contributed by atoms with Crippen molar-refractivity contribution in [3.63, 3.8) is 0 Å². The zero-order chi connectivity index (χ0) is 21.2. The molecule has 2 N–H and O–H groups in total. The average molecular weight is 561 g/mol. The van der Waals surface area contributed by atoms with E-state index in [1.54, 1.807) is 0 Å². The van der Waals surface area contributed by atoms with E-state index < -0.39 is 10.8 Å². The lowest BCUT2D eigenvalue weighted by molar-refractivity contribution is 0.277. The molecule has 7 heteroatoms. The van der Waals surface area contributed by atoms with Crippen molar-refractivity contribution < 1.29 is 4.21 Å². The minimum absolute atomic E-state index is 0. The van der Waals surface area contributed by atoms with Crippen LogP contribution in [0.2, 0.25) is 0 Å². The number of benzene rings is 1. The molecule has 1 saturated heterocycles. The first-order chi connectivity index (χ1) is 14.7. The molecule has 3 unspecified atom stereocenters. The Balaban J connectivity index is 0.00000341. The van der Waals surface area contributed by atoms with Gasteiger partial charge < -0.3 is 10.6 Å². The van der Waals surface area contributed by atoms with Gasteiger partial charge in [0.25, 0.3) is 0 Å². The molecular formula is C24H41IN4OS. The molecule has 0 spiro atoms. The van der Waals surface area contributed by atoms with Crippen molar-refractivity contribution in [2.75, 3.05) is 25.9 Å². The third-order valence-electron chi connectivity index (χ3n) is 6.40. The number of nitrogens with zero attached hydrogens (tertiary/aromatic N) is 2. The Morgan fingerprint density at radius 3 is 2.58 bits per heavy atom. The molecule has 5 nitrogen and oxygen atoms in total. The van der Waals surface area contributed by atoms with Crippen LogP contribution in [-0.2, 0) is 23.9 Å². The molecule has 0 radical (unpaired) electrons. The molecule has 31 heavy (non-hydrogen) atoms. The van der Waals surface area contributed by atoms with Crippen molar-refractivity contribution in [1.82, 2.24) is 15.5 Å². The molecule has 1 saturated carbocycles. The standard InChI is InChI=1S/C24H40N4OS.HI/c1-3-30(29)23-13-9-12-22(17-23)27-24(25-2)26-18-20-10-8-11-21(16-20)19-28-14-6-4-5-7-15-28;/h8,10-11,16,22-23H,3-7,9,12-15,17-19H2,1-2H3,(H2,25,26,27);1H. The van der Waals surface area contributed by atoms with Crippen LogP contribution in [0.5, 0.6) is 0 Å². The Morgan fingerprint density at radius 1 is 1.13 bits per heavy atom. The summed E-state index contributed by atoms with van der Waals surface area (Å²) in [5.41, 5.74) is 2.69. The monoisotopic (exact) mass is 560 g/mol. The molecule has 0 bridgehead atoms. The highest BCUT2D eigenvalue weighted by Gasteiger charge is 2.26. The van der Waals surface area contributed by atoms with Crippen molar-refractivity contribution in [1.29, 1.82) is 0 Å². The van der Waals surface area contributed by atoms with Gasteiger partial charge >= 0.3 is 0 Å². The number of nitrogens with one attached hydrogen (secondary N) is 2. The molecule has 3 atom stereocenters. The third-order valence-corrected chi connectivity index (χ3v) is 8.14. The topological polar surface area (TPSA) is 56.7 Å². The Kier molecular flexibility index (Phi) is 12.4. The summed E-state index contributed by atoms with van der Waals surface area (Å²) < 4.78 is 12.2. The van der Waals surface area contributed by atoms with Crippen LogP contribution in [0.3, 0.4) is 0 Å². The van der Waals surface area contributed by atoms with E-state index in [0.717, 1.165) is 50.5 Å². The van der Waals surface area contributed by atoms with Crippen molar-refractivity contribution in [2.45, 2.75) is 82.7 Å². The van der Waals surface area contributed by atoms with Gasteiger partial charge in [0.2, 0.25) is 0 Å². The van der Waals surface area contributed by atoms with Gasteiger partial charge in [-0.2, -0.15) is 0 Å². The quantitative estimate of drug-likeness (QED) is 0.295. The van der Waals surface area contributed by atoms with Gasteiger partial charge in [-0.3, -0.25) is 14.1 Å². The number of hydrogen-bond acceptors (Lipinski definition) is 3. The Morgan fingerprint density at radius 2 is 1.87 bits per heavy atom. The van der Waals surface area contributed by atoms with E-state index in [1.165, 1.54) is 49.9 Å². The normalized spacial score (nSPS) is 24.0. The zero-order valence-corrected chi connectivity index (χ0v) is 22.4. The molecule has 2 aliphatic rings. The second-order valence-electron chi connectivity index (χ2n) is 8.74. The van der Waals surface area contributed by atoms with E-state index in [0.29, 0.717) is 11.3 Å². The van der Waals surface area contributed by atoms with E-state index in [9.17, 15) is 4.21 Å². The first-order valence-corrected chi connectivity index (χ1v) is 13.2. The highest BCUT2D eigenvalue weighted by molar-refractivity contribution is 14.0. The summed E-state index contributed by atoms with van der Waals surface area (Å²) in [6.45, 7) is 6.30. The van der Waals surface area contributed by atoms with Crippen LogP contribution in [0.15, 0.2) is 29.3 Å². The predicted molar refractivity (Wildman–Crippen MR) is 144 cm³/mol. The molecule has 2 fully saturated rings. The van der Waals surface area contributed by atoms with Crippen LogP contribution in [0.4, 0.5) is 0 Å². The summed E-state index contributed by atoms with van der Waals surface area (Å²) in [6.07, 6.45) is 9.76. The Labute approximate surface area is 208 Å². The van der Waals surface area contributed by atoms with Crippen LogP contribution in [0, 0.1) is 0 Å². The van der Waals surface area contributed by atoms with E-state index in [1.807, 2.05) is 14.0 Å². The van der Waals surface area contributed by atoms with Crippen molar-refractivity contribution in [3.05, 3.63) is 35.4 Å². The summed E-state index contributed by atoms with van der Waals surface area (Å²) in [4.78, 5) is 7.02. The summed E-state index contributed by atoms with van der Waals surface area (Å²) in [6, 6.07) is 9.29. The van der Waals surface area contributed by atoms with Crippen LogP contribution in [0.25, 0.3) is 0 Å². The SMILES string of the molecule is CCS(=O)C1CCCC(NC(=NC)NCc2cccc(CN3CCCCCC3)c2)C1.I. The number of likely N-dealkylation sites (tertiary alicyclic amines) is 1. The highest BCUT2D eigenvalue weighted by atomic mass is 127. The van der Waals surface area contributed by atoms with Gasteiger partial charge in [0.1, 0.15) is 0 Å². The van der Waals surface area contributed by atoms with Crippen molar-refractivity contribution in [2.24, 2.45) is 4.99 Å². The van der Waals surface area contributed by atoms with Crippen LogP contribution < -0.4 is 10.6 Å². The summed E-state index contributed by atoms with van der Waals surface area (Å²) in [5, 5.41) is 7.38. The van der Waals surface area contributed by atoms with Crippen molar-refractivity contribution in [3.8, 4) is 0 Å². The number of aliphatic imine (C=N–C) groups is 1. The smallest absolute Gasteiger partial charge is 0.191 e. The molecule has 0 amide bonds. The number of hydrogen-bond donors (Lipinski definition) is 2. The van der Waals surface area contributed by atoms with Crippen LogP contribution in [-0.4, -0.2) is 52.3 Å². The lowest BCUT2D eigenvalue weighted by Gasteiger charge is -2.30.